The first-order valence-electron chi connectivity index (χ1n) is 16.2. The summed E-state index contributed by atoms with van der Waals surface area (Å²) in [5, 5.41) is -0.652. The summed E-state index contributed by atoms with van der Waals surface area (Å²) in [5.41, 5.74) is 0.0475. The minimum absolute atomic E-state index is 0.217. The van der Waals surface area contributed by atoms with Crippen molar-refractivity contribution in [3.05, 3.63) is 125 Å². The van der Waals surface area contributed by atoms with Crippen LogP contribution in [-0.4, -0.2) is 49.2 Å². The third-order valence-electron chi connectivity index (χ3n) is 7.30. The highest BCUT2D eigenvalue weighted by Crippen LogP contribution is 2.35. The molecule has 0 N–H and O–H groups in total. The van der Waals surface area contributed by atoms with Crippen molar-refractivity contribution in [1.82, 2.24) is 13.7 Å². The molecule has 0 unspecified atom stereocenters. The lowest BCUT2D eigenvalue weighted by atomic mass is 10.2. The average Bonchev–Trinajstić information content (AvgIpc) is 3.15. The van der Waals surface area contributed by atoms with Gasteiger partial charge < -0.3 is 26.8 Å². The molecule has 0 aliphatic heterocycles. The Labute approximate surface area is 447 Å². The Morgan fingerprint density at radius 1 is 0.433 bits per heavy atom. The van der Waals surface area contributed by atoms with E-state index in [0.717, 1.165) is 107 Å². The Kier molecular flexibility index (Phi) is 23.6. The van der Waals surface area contributed by atoms with Gasteiger partial charge in [0.2, 0.25) is 0 Å². The summed E-state index contributed by atoms with van der Waals surface area (Å²) < 4.78 is 43.3. The van der Waals surface area contributed by atoms with Crippen molar-refractivity contribution in [1.29, 1.82) is 0 Å². The Morgan fingerprint density at radius 2 is 0.650 bits per heavy atom. The summed E-state index contributed by atoms with van der Waals surface area (Å²) in [6.45, 7) is -1.54. The molecule has 1 heterocycles. The standard InChI is InChI=1S/C33H24Br9N3O9S6/c34-16-7-22(37)19(23(38)8-16)13-58-52-31(55)49-4-1-43-28(46)44(2-5-50-32(56)53-59-14-20-24(39)9-17(35)10-25(20)40)30(48)45(29(43)47)3-6-51-33(57)54-60-15-21-26(41)11-18(36)12-27(21)42/h7-12H,1-6,13-15H2. The molecular weight excluding hydrogens is 1490 g/mol. The maximum absolute atomic E-state index is 13.6. The predicted molar refractivity (Wildman–Crippen MR) is 281 cm³/mol. The molecule has 4 rings (SSSR count). The van der Waals surface area contributed by atoms with Gasteiger partial charge in [-0.3, -0.25) is 0 Å². The minimum Gasteiger partial charge on any atom is -0.454 e. The highest BCUT2D eigenvalue weighted by Gasteiger charge is 2.18. The fourth-order valence-electron chi connectivity index (χ4n) is 4.53. The van der Waals surface area contributed by atoms with Crippen molar-refractivity contribution in [3.63, 3.8) is 0 Å². The number of benzene rings is 3. The zero-order valence-corrected chi connectivity index (χ0v) is 48.9. The van der Waals surface area contributed by atoms with E-state index in [2.05, 4.69) is 143 Å². The molecule has 27 heteroatoms. The van der Waals surface area contributed by atoms with Gasteiger partial charge in [-0.25, -0.2) is 28.1 Å². The van der Waals surface area contributed by atoms with Gasteiger partial charge in [-0.1, -0.05) is 143 Å². The number of halogens is 9. The lowest BCUT2D eigenvalue weighted by Crippen LogP contribution is -2.55. The first-order chi connectivity index (χ1) is 28.5. The van der Waals surface area contributed by atoms with Crippen LogP contribution in [0.15, 0.2) is 91.0 Å². The number of ether oxygens (including phenoxy) is 3. The second-order valence-electron chi connectivity index (χ2n) is 11.2. The Hall–Kier alpha value is 0.510. The van der Waals surface area contributed by atoms with Gasteiger partial charge in [-0.05, 0) is 53.1 Å². The smallest absolute Gasteiger partial charge is 0.364 e. The fourth-order valence-corrected chi connectivity index (χ4v) is 15.8. The van der Waals surface area contributed by atoms with E-state index in [-0.39, 0.29) is 55.2 Å². The highest BCUT2D eigenvalue weighted by molar-refractivity contribution is 9.12. The molecule has 0 spiro atoms. The molecule has 1 aromatic heterocycles. The summed E-state index contributed by atoms with van der Waals surface area (Å²) in [5.74, 6) is 1.25. The van der Waals surface area contributed by atoms with Crippen molar-refractivity contribution in [2.45, 2.75) is 36.9 Å². The van der Waals surface area contributed by atoms with Gasteiger partial charge in [-0.2, -0.15) is 0 Å². The van der Waals surface area contributed by atoms with E-state index in [1.54, 1.807) is 0 Å². The van der Waals surface area contributed by atoms with Gasteiger partial charge in [0.25, 0.3) is 0 Å². The third-order valence-corrected chi connectivity index (χ3v) is 15.9. The normalized spacial score (nSPS) is 10.9. The molecule has 60 heavy (non-hydrogen) atoms. The first kappa shape index (κ1) is 53.1. The first-order valence-corrected chi connectivity index (χ1v) is 27.3. The molecule has 0 saturated heterocycles. The molecule has 0 bridgehead atoms. The van der Waals surface area contributed by atoms with E-state index in [4.69, 9.17) is 63.4 Å². The monoisotopic (exact) mass is 1510 g/mol. The average molecular weight is 1520 g/mol. The minimum atomic E-state index is -0.910. The molecule has 0 aliphatic carbocycles. The molecule has 0 saturated carbocycles. The largest absolute Gasteiger partial charge is 0.454 e. The van der Waals surface area contributed by atoms with Crippen LogP contribution in [0, 0.1) is 0 Å². The fraction of sp³-hybridized carbons (Fsp3) is 0.273. The summed E-state index contributed by atoms with van der Waals surface area (Å²) in [6, 6.07) is 11.4. The van der Waals surface area contributed by atoms with Gasteiger partial charge in [-0.15, -0.1) is 0 Å². The van der Waals surface area contributed by atoms with E-state index in [1.165, 1.54) is 0 Å². The molecular formula is C33H24Br9N3O9S6. The lowest BCUT2D eigenvalue weighted by Gasteiger charge is -2.15. The second-order valence-corrected chi connectivity index (χ2v) is 22.1. The van der Waals surface area contributed by atoms with Crippen LogP contribution in [0.25, 0.3) is 0 Å². The van der Waals surface area contributed by atoms with Crippen LogP contribution < -0.4 is 17.1 Å². The van der Waals surface area contributed by atoms with E-state index >= 15 is 0 Å². The predicted octanol–water partition coefficient (Wildman–Crippen LogP) is 12.5. The highest BCUT2D eigenvalue weighted by atomic mass is 79.9. The van der Waals surface area contributed by atoms with Crippen LogP contribution in [0.1, 0.15) is 16.7 Å². The molecule has 324 valence electrons. The molecule has 0 atom stereocenters. The molecule has 12 nitrogen and oxygen atoms in total. The van der Waals surface area contributed by atoms with Crippen molar-refractivity contribution in [2.75, 3.05) is 19.8 Å². The number of nitrogens with zero attached hydrogens (tertiary/aromatic N) is 3. The summed E-state index contributed by atoms with van der Waals surface area (Å²) in [4.78, 5) is 40.8. The van der Waals surface area contributed by atoms with Crippen LogP contribution in [-0.2, 0) is 63.7 Å². The van der Waals surface area contributed by atoms with Crippen LogP contribution in [0.5, 0.6) is 0 Å². The van der Waals surface area contributed by atoms with E-state index in [9.17, 15) is 14.4 Å². The summed E-state index contributed by atoms with van der Waals surface area (Å²) in [6.07, 6.45) is 0. The zero-order chi connectivity index (χ0) is 44.1. The van der Waals surface area contributed by atoms with Crippen molar-refractivity contribution >= 4 is 232 Å². The number of thiocarbonyl (C=S) groups is 3. The lowest BCUT2D eigenvalue weighted by molar-refractivity contribution is 0.218. The maximum Gasteiger partial charge on any atom is 0.364 e. The number of aromatic nitrogens is 3. The Morgan fingerprint density at radius 3 is 0.867 bits per heavy atom. The van der Waals surface area contributed by atoms with E-state index in [1.807, 2.05) is 36.4 Å². The van der Waals surface area contributed by atoms with Crippen LogP contribution in [0.4, 0.5) is 0 Å². The number of hydrogen-bond acceptors (Lipinski definition) is 15. The maximum atomic E-state index is 13.6. The van der Waals surface area contributed by atoms with E-state index in [0.29, 0.717) is 17.3 Å². The summed E-state index contributed by atoms with van der Waals surface area (Å²) in [7, 11) is 0. The van der Waals surface area contributed by atoms with Crippen LogP contribution in [0.3, 0.4) is 0 Å². The van der Waals surface area contributed by atoms with Crippen molar-refractivity contribution in [2.24, 2.45) is 0 Å². The molecule has 3 aromatic carbocycles. The van der Waals surface area contributed by atoms with Gasteiger partial charge in [0, 0.05) is 76.9 Å². The van der Waals surface area contributed by atoms with Crippen molar-refractivity contribution < 1.29 is 26.8 Å². The second kappa shape index (κ2) is 26.6. The number of hydrogen-bond donors (Lipinski definition) is 0. The SMILES string of the molecule is O=c1n(CCOC(=S)OSCc2c(Br)cc(Br)cc2Br)c(=O)n(CCOC(=S)OSCc2c(Br)cc(Br)cc2Br)c(=O)n1CCOC(=S)OSCc1c(Br)cc(Br)cc1Br. The molecule has 0 fully saturated rings. The molecule has 0 amide bonds. The zero-order valence-electron chi connectivity index (χ0n) is 29.7. The van der Waals surface area contributed by atoms with Crippen molar-refractivity contribution in [3.8, 4) is 0 Å². The number of rotatable bonds is 18. The van der Waals surface area contributed by atoms with E-state index < -0.39 is 17.1 Å². The van der Waals surface area contributed by atoms with Gasteiger partial charge in [0.05, 0.1) is 73.0 Å². The molecule has 0 radical (unpaired) electrons. The Balaban J connectivity index is 1.39. The summed E-state index contributed by atoms with van der Waals surface area (Å²) >= 11 is 50.2. The topological polar surface area (TPSA) is 121 Å². The van der Waals surface area contributed by atoms with Crippen LogP contribution in [0.2, 0.25) is 0 Å². The third kappa shape index (κ3) is 16.4. The van der Waals surface area contributed by atoms with Gasteiger partial charge in [0.15, 0.2) is 0 Å². The Bertz CT molecular complexity index is 2060. The van der Waals surface area contributed by atoms with Gasteiger partial charge in [0.1, 0.15) is 19.8 Å². The molecule has 0 aliphatic rings. The van der Waals surface area contributed by atoms with Crippen LogP contribution >= 0.6 is 216 Å². The molecule has 4 aromatic rings. The quantitative estimate of drug-likeness (QED) is 0.0693. The van der Waals surface area contributed by atoms with Gasteiger partial charge >= 0.3 is 32.8 Å².